The Morgan fingerprint density at radius 1 is 1.21 bits per heavy atom. The lowest BCUT2D eigenvalue weighted by molar-refractivity contribution is 0.367. The van der Waals surface area contributed by atoms with Gasteiger partial charge in [0.15, 0.2) is 5.96 Å². The fraction of sp³-hybridized carbons (Fsp3) is 0.524. The summed E-state index contributed by atoms with van der Waals surface area (Å²) in [7, 11) is 1.73. The molecule has 2 heterocycles. The summed E-state index contributed by atoms with van der Waals surface area (Å²) in [6.07, 6.45) is 3.95. The van der Waals surface area contributed by atoms with Crippen molar-refractivity contribution in [1.29, 1.82) is 0 Å². The average molecular weight is 529 g/mol. The Balaban J connectivity index is 0.00000300. The highest BCUT2D eigenvalue weighted by atomic mass is 127. The van der Waals surface area contributed by atoms with Crippen molar-refractivity contribution in [2.24, 2.45) is 4.99 Å². The van der Waals surface area contributed by atoms with Crippen LogP contribution in [0.3, 0.4) is 0 Å². The van der Waals surface area contributed by atoms with Gasteiger partial charge in [-0.05, 0) is 25.5 Å². The number of hydrogen-bond donors (Lipinski definition) is 1. The molecule has 160 valence electrons. The van der Waals surface area contributed by atoms with E-state index in [1.54, 1.807) is 18.4 Å². The summed E-state index contributed by atoms with van der Waals surface area (Å²) in [5.41, 5.74) is 1.17. The molecular weight excluding hydrogens is 497 g/mol. The normalized spacial score (nSPS) is 14.5. The van der Waals surface area contributed by atoms with Gasteiger partial charge in [0.05, 0.1) is 17.8 Å². The standard InChI is InChI=1S/C21H31N5OS.HI/c1-4-17-16-24-20(28-17)10-11-23-21(22-5-2)26-14-12-25(13-15-26)18-8-6-7-9-19(18)27-3;/h6-9,16H,4-5,10-15H2,1-3H3,(H,22,23);1H. The van der Waals surface area contributed by atoms with Crippen molar-refractivity contribution in [2.75, 3.05) is 51.3 Å². The molecule has 1 saturated heterocycles. The van der Waals surface area contributed by atoms with Gasteiger partial charge in [-0.1, -0.05) is 19.1 Å². The lowest BCUT2D eigenvalue weighted by atomic mass is 10.2. The number of guanidine groups is 1. The predicted molar refractivity (Wildman–Crippen MR) is 133 cm³/mol. The minimum Gasteiger partial charge on any atom is -0.495 e. The van der Waals surface area contributed by atoms with E-state index in [4.69, 9.17) is 9.73 Å². The third-order valence-electron chi connectivity index (χ3n) is 4.88. The Kier molecular flexibility index (Phi) is 9.99. The zero-order chi connectivity index (χ0) is 19.8. The summed E-state index contributed by atoms with van der Waals surface area (Å²) in [5.74, 6) is 1.95. The van der Waals surface area contributed by atoms with Crippen LogP contribution in [-0.2, 0) is 12.8 Å². The second-order valence-electron chi connectivity index (χ2n) is 6.71. The van der Waals surface area contributed by atoms with E-state index in [2.05, 4.69) is 46.1 Å². The van der Waals surface area contributed by atoms with Gasteiger partial charge in [0.2, 0.25) is 0 Å². The SMILES string of the molecule is CCNC(=NCCc1ncc(CC)s1)N1CCN(c2ccccc2OC)CC1.I. The maximum atomic E-state index is 5.52. The first-order chi connectivity index (χ1) is 13.7. The fourth-order valence-corrected chi connectivity index (χ4v) is 4.21. The van der Waals surface area contributed by atoms with E-state index >= 15 is 0 Å². The van der Waals surface area contributed by atoms with E-state index in [-0.39, 0.29) is 24.0 Å². The van der Waals surface area contributed by atoms with Gasteiger partial charge >= 0.3 is 0 Å². The molecule has 6 nitrogen and oxygen atoms in total. The number of ether oxygens (including phenoxy) is 1. The number of aliphatic imine (C=N–C) groups is 1. The van der Waals surface area contributed by atoms with Gasteiger partial charge in [0.25, 0.3) is 0 Å². The summed E-state index contributed by atoms with van der Waals surface area (Å²) in [5, 5.41) is 4.63. The summed E-state index contributed by atoms with van der Waals surface area (Å²) in [6, 6.07) is 8.24. The molecule has 1 aliphatic heterocycles. The summed E-state index contributed by atoms with van der Waals surface area (Å²) in [4.78, 5) is 15.4. The molecule has 1 fully saturated rings. The second-order valence-corrected chi connectivity index (χ2v) is 7.91. The number of nitrogens with zero attached hydrogens (tertiary/aromatic N) is 4. The first-order valence-electron chi connectivity index (χ1n) is 10.1. The third-order valence-corrected chi connectivity index (χ3v) is 6.08. The van der Waals surface area contributed by atoms with Crippen molar-refractivity contribution in [2.45, 2.75) is 26.7 Å². The van der Waals surface area contributed by atoms with Gasteiger partial charge in [-0.15, -0.1) is 35.3 Å². The first kappa shape index (κ1) is 23.7. The van der Waals surface area contributed by atoms with Crippen LogP contribution >= 0.6 is 35.3 Å². The van der Waals surface area contributed by atoms with Crippen LogP contribution in [0.5, 0.6) is 5.75 Å². The quantitative estimate of drug-likeness (QED) is 0.337. The van der Waals surface area contributed by atoms with E-state index in [0.29, 0.717) is 0 Å². The van der Waals surface area contributed by atoms with Gasteiger partial charge in [-0.3, -0.25) is 4.99 Å². The fourth-order valence-electron chi connectivity index (χ4n) is 3.36. The third kappa shape index (κ3) is 6.47. The largest absolute Gasteiger partial charge is 0.495 e. The van der Waals surface area contributed by atoms with Crippen molar-refractivity contribution in [1.82, 2.24) is 15.2 Å². The van der Waals surface area contributed by atoms with Gasteiger partial charge in [-0.2, -0.15) is 0 Å². The number of aromatic nitrogens is 1. The molecule has 0 atom stereocenters. The molecule has 1 aromatic heterocycles. The number of anilines is 1. The van der Waals surface area contributed by atoms with Gasteiger partial charge < -0.3 is 19.9 Å². The number of thiazole rings is 1. The number of hydrogen-bond acceptors (Lipinski definition) is 5. The second kappa shape index (κ2) is 12.2. The topological polar surface area (TPSA) is 53.0 Å². The molecule has 8 heteroatoms. The summed E-state index contributed by atoms with van der Waals surface area (Å²) in [6.45, 7) is 9.74. The van der Waals surface area contributed by atoms with Gasteiger partial charge in [0.1, 0.15) is 5.75 Å². The molecule has 0 spiro atoms. The van der Waals surface area contributed by atoms with E-state index in [0.717, 1.165) is 63.8 Å². The highest BCUT2D eigenvalue weighted by molar-refractivity contribution is 14.0. The Morgan fingerprint density at radius 3 is 2.62 bits per heavy atom. The van der Waals surface area contributed by atoms with Crippen molar-refractivity contribution >= 4 is 47.0 Å². The molecule has 0 bridgehead atoms. The first-order valence-corrected chi connectivity index (χ1v) is 10.9. The average Bonchev–Trinajstić information content (AvgIpc) is 3.21. The number of para-hydroxylation sites is 2. The molecule has 1 aliphatic rings. The van der Waals surface area contributed by atoms with E-state index < -0.39 is 0 Å². The molecule has 0 unspecified atom stereocenters. The number of nitrogens with one attached hydrogen (secondary N) is 1. The smallest absolute Gasteiger partial charge is 0.194 e. The number of methoxy groups -OCH3 is 1. The van der Waals surface area contributed by atoms with E-state index in [9.17, 15) is 0 Å². The molecule has 3 rings (SSSR count). The molecule has 2 aromatic rings. The lowest BCUT2D eigenvalue weighted by Crippen LogP contribution is -2.52. The minimum atomic E-state index is 0. The number of aryl methyl sites for hydroxylation is 1. The van der Waals surface area contributed by atoms with Crippen molar-refractivity contribution in [3.05, 3.63) is 40.3 Å². The molecule has 29 heavy (non-hydrogen) atoms. The Labute approximate surface area is 195 Å². The lowest BCUT2D eigenvalue weighted by Gasteiger charge is -2.38. The van der Waals surface area contributed by atoms with E-state index in [1.165, 1.54) is 15.6 Å². The zero-order valence-corrected chi connectivity index (χ0v) is 20.7. The Hall–Kier alpha value is -1.55. The molecule has 0 saturated carbocycles. The van der Waals surface area contributed by atoms with Crippen LogP contribution in [0.4, 0.5) is 5.69 Å². The highest BCUT2D eigenvalue weighted by Gasteiger charge is 2.21. The van der Waals surface area contributed by atoms with Crippen molar-refractivity contribution in [3.8, 4) is 5.75 Å². The van der Waals surface area contributed by atoms with Crippen LogP contribution < -0.4 is 15.0 Å². The zero-order valence-electron chi connectivity index (χ0n) is 17.6. The molecule has 1 N–H and O–H groups in total. The maximum absolute atomic E-state index is 5.52. The highest BCUT2D eigenvalue weighted by Crippen LogP contribution is 2.28. The Morgan fingerprint density at radius 2 is 1.97 bits per heavy atom. The summed E-state index contributed by atoms with van der Waals surface area (Å²) >= 11 is 1.80. The number of halogens is 1. The minimum absolute atomic E-state index is 0. The monoisotopic (exact) mass is 529 g/mol. The number of rotatable bonds is 7. The van der Waals surface area contributed by atoms with Crippen LogP contribution in [0.2, 0.25) is 0 Å². The van der Waals surface area contributed by atoms with Crippen molar-refractivity contribution < 1.29 is 4.74 Å². The number of piperazine rings is 1. The Bertz CT molecular complexity index is 774. The van der Waals surface area contributed by atoms with Crippen LogP contribution in [0.25, 0.3) is 0 Å². The molecule has 0 amide bonds. The molecular formula is C21H32IN5OS. The maximum Gasteiger partial charge on any atom is 0.194 e. The number of benzene rings is 1. The van der Waals surface area contributed by atoms with Gasteiger partial charge in [0, 0.05) is 56.8 Å². The van der Waals surface area contributed by atoms with Crippen LogP contribution in [0.15, 0.2) is 35.5 Å². The predicted octanol–water partition coefficient (Wildman–Crippen LogP) is 3.66. The molecule has 0 aliphatic carbocycles. The summed E-state index contributed by atoms with van der Waals surface area (Å²) < 4.78 is 5.52. The van der Waals surface area contributed by atoms with Crippen LogP contribution in [-0.4, -0.2) is 62.2 Å². The molecule has 1 aromatic carbocycles. The molecule has 0 radical (unpaired) electrons. The van der Waals surface area contributed by atoms with Crippen molar-refractivity contribution in [3.63, 3.8) is 0 Å². The van der Waals surface area contributed by atoms with Crippen LogP contribution in [0.1, 0.15) is 23.7 Å². The van der Waals surface area contributed by atoms with Crippen LogP contribution in [0, 0.1) is 0 Å². The van der Waals surface area contributed by atoms with E-state index in [1.807, 2.05) is 18.3 Å². The van der Waals surface area contributed by atoms with Gasteiger partial charge in [-0.25, -0.2) is 4.98 Å².